The van der Waals surface area contributed by atoms with E-state index in [9.17, 15) is 0 Å². The Labute approximate surface area is 155 Å². The van der Waals surface area contributed by atoms with Crippen LogP contribution in [0.25, 0.3) is 5.57 Å². The largest absolute Gasteiger partial charge is 0.555 e. The van der Waals surface area contributed by atoms with Crippen LogP contribution in [0.15, 0.2) is 108 Å². The summed E-state index contributed by atoms with van der Waals surface area (Å²) < 4.78 is 6.53. The van der Waals surface area contributed by atoms with Crippen LogP contribution in [0.2, 0.25) is 6.32 Å². The summed E-state index contributed by atoms with van der Waals surface area (Å²) in [6, 6.07) is 31.5. The van der Waals surface area contributed by atoms with Gasteiger partial charge in [-0.05, 0) is 35.4 Å². The second-order valence-corrected chi connectivity index (χ2v) is 6.47. The monoisotopic (exact) mass is 336 g/mol. The van der Waals surface area contributed by atoms with Crippen molar-refractivity contribution in [1.29, 1.82) is 0 Å². The second-order valence-electron chi connectivity index (χ2n) is 6.47. The van der Waals surface area contributed by atoms with Crippen LogP contribution in [0.3, 0.4) is 0 Å². The third-order valence-electron chi connectivity index (χ3n) is 4.83. The van der Waals surface area contributed by atoms with Crippen LogP contribution in [0.1, 0.15) is 18.1 Å². The first-order valence-electron chi connectivity index (χ1n) is 9.09. The Balaban J connectivity index is 1.86. The standard InChI is InChI=1S/C24H21BO/c1-2-19-18-25(22-16-10-5-11-17-22)26-24(19)23(20-12-6-3-7-13-20)21-14-8-4-9-15-21/h2-17H,18H2,1H3/b19-2+. The molecule has 1 nitrogen and oxygen atoms in total. The van der Waals surface area contributed by atoms with E-state index < -0.39 is 0 Å². The van der Waals surface area contributed by atoms with E-state index >= 15 is 0 Å². The zero-order valence-corrected chi connectivity index (χ0v) is 14.9. The van der Waals surface area contributed by atoms with E-state index in [0.717, 1.165) is 17.7 Å². The average Bonchev–Trinajstić information content (AvgIpc) is 3.14. The highest BCUT2D eigenvalue weighted by Crippen LogP contribution is 2.37. The third kappa shape index (κ3) is 3.23. The van der Waals surface area contributed by atoms with Gasteiger partial charge in [-0.3, -0.25) is 0 Å². The van der Waals surface area contributed by atoms with Gasteiger partial charge >= 0.3 is 6.92 Å². The molecule has 0 bridgehead atoms. The van der Waals surface area contributed by atoms with E-state index in [0.29, 0.717) is 0 Å². The highest BCUT2D eigenvalue weighted by Gasteiger charge is 2.34. The maximum absolute atomic E-state index is 6.53. The molecule has 1 heterocycles. The van der Waals surface area contributed by atoms with Crippen molar-refractivity contribution >= 4 is 18.0 Å². The third-order valence-corrected chi connectivity index (χ3v) is 4.83. The van der Waals surface area contributed by atoms with Gasteiger partial charge in [-0.15, -0.1) is 0 Å². The highest BCUT2D eigenvalue weighted by molar-refractivity contribution is 6.69. The summed E-state index contributed by atoms with van der Waals surface area (Å²) in [5.74, 6) is 0.999. The Bertz CT molecular complexity index is 886. The molecule has 1 aliphatic heterocycles. The molecule has 0 N–H and O–H groups in total. The summed E-state index contributed by atoms with van der Waals surface area (Å²) in [7, 11) is 0. The molecule has 0 atom stereocenters. The van der Waals surface area contributed by atoms with Gasteiger partial charge in [0.05, 0.1) is 0 Å². The van der Waals surface area contributed by atoms with Crippen molar-refractivity contribution in [1.82, 2.24) is 0 Å². The molecule has 3 aromatic rings. The molecule has 0 amide bonds. The summed E-state index contributed by atoms with van der Waals surface area (Å²) >= 11 is 0. The van der Waals surface area contributed by atoms with Crippen LogP contribution < -0.4 is 5.46 Å². The summed E-state index contributed by atoms with van der Waals surface area (Å²) in [5, 5.41) is 0. The van der Waals surface area contributed by atoms with Gasteiger partial charge in [0, 0.05) is 5.57 Å². The lowest BCUT2D eigenvalue weighted by molar-refractivity contribution is 0.483. The molecule has 0 unspecified atom stereocenters. The zero-order chi connectivity index (χ0) is 17.8. The molecule has 1 fully saturated rings. The summed E-state index contributed by atoms with van der Waals surface area (Å²) in [5.41, 5.74) is 6.02. The van der Waals surface area contributed by atoms with Crippen LogP contribution in [0.4, 0.5) is 0 Å². The minimum absolute atomic E-state index is 0.0693. The lowest BCUT2D eigenvalue weighted by Crippen LogP contribution is -2.28. The summed E-state index contributed by atoms with van der Waals surface area (Å²) in [6.45, 7) is 2.17. The van der Waals surface area contributed by atoms with Crippen LogP contribution in [0, 0.1) is 0 Å². The number of hydrogen-bond acceptors (Lipinski definition) is 1. The fourth-order valence-electron chi connectivity index (χ4n) is 3.51. The first-order valence-corrected chi connectivity index (χ1v) is 9.09. The number of allylic oxidation sites excluding steroid dienone is 2. The average molecular weight is 336 g/mol. The van der Waals surface area contributed by atoms with E-state index in [1.165, 1.54) is 22.2 Å². The Morgan fingerprint density at radius 1 is 0.769 bits per heavy atom. The van der Waals surface area contributed by atoms with Crippen molar-refractivity contribution in [2.24, 2.45) is 0 Å². The number of rotatable bonds is 3. The molecule has 3 aromatic carbocycles. The first-order chi connectivity index (χ1) is 12.9. The summed E-state index contributed by atoms with van der Waals surface area (Å²) in [6.07, 6.45) is 3.09. The smallest absolute Gasteiger partial charge is 0.396 e. The number of hydrogen-bond donors (Lipinski definition) is 0. The molecular weight excluding hydrogens is 315 g/mol. The molecule has 26 heavy (non-hydrogen) atoms. The van der Waals surface area contributed by atoms with Gasteiger partial charge in [0.25, 0.3) is 0 Å². The molecule has 0 aromatic heterocycles. The maximum atomic E-state index is 6.53. The van der Waals surface area contributed by atoms with Crippen LogP contribution in [-0.4, -0.2) is 6.92 Å². The molecule has 1 aliphatic rings. The first kappa shape index (κ1) is 16.5. The molecular formula is C24H21BO. The molecule has 4 rings (SSSR count). The zero-order valence-electron chi connectivity index (χ0n) is 14.9. The van der Waals surface area contributed by atoms with Crippen LogP contribution in [-0.2, 0) is 4.65 Å². The molecule has 0 radical (unpaired) electrons. The van der Waals surface area contributed by atoms with E-state index in [1.54, 1.807) is 0 Å². The van der Waals surface area contributed by atoms with E-state index in [1.807, 2.05) is 6.07 Å². The fraction of sp³-hybridized carbons (Fsp3) is 0.0833. The van der Waals surface area contributed by atoms with E-state index in [4.69, 9.17) is 4.65 Å². The lowest BCUT2D eigenvalue weighted by atomic mass is 9.58. The van der Waals surface area contributed by atoms with Crippen molar-refractivity contribution in [2.75, 3.05) is 0 Å². The van der Waals surface area contributed by atoms with Gasteiger partial charge in [0.15, 0.2) is 0 Å². The maximum Gasteiger partial charge on any atom is 0.396 e. The Hall–Kier alpha value is -3.00. The molecule has 0 aliphatic carbocycles. The summed E-state index contributed by atoms with van der Waals surface area (Å²) in [4.78, 5) is 0. The minimum Gasteiger partial charge on any atom is -0.555 e. The Morgan fingerprint density at radius 3 is 1.77 bits per heavy atom. The van der Waals surface area contributed by atoms with E-state index in [2.05, 4.69) is 97.9 Å². The predicted octanol–water partition coefficient (Wildman–Crippen LogP) is 5.32. The second kappa shape index (κ2) is 7.49. The SMILES string of the molecule is C/C=C1\CB(c2ccccc2)OC1=C(c1ccccc1)c1ccccc1. The molecule has 126 valence electrons. The van der Waals surface area contributed by atoms with Crippen molar-refractivity contribution in [3.05, 3.63) is 120 Å². The van der Waals surface area contributed by atoms with Crippen molar-refractivity contribution in [3.8, 4) is 0 Å². The van der Waals surface area contributed by atoms with Crippen LogP contribution in [0.5, 0.6) is 0 Å². The highest BCUT2D eigenvalue weighted by atomic mass is 16.4. The lowest BCUT2D eigenvalue weighted by Gasteiger charge is -2.15. The topological polar surface area (TPSA) is 9.23 Å². The van der Waals surface area contributed by atoms with Gasteiger partial charge in [-0.25, -0.2) is 0 Å². The molecule has 1 saturated heterocycles. The molecule has 0 spiro atoms. The normalized spacial score (nSPS) is 15.2. The van der Waals surface area contributed by atoms with Gasteiger partial charge in [0.1, 0.15) is 5.76 Å². The Kier molecular flexibility index (Phi) is 4.74. The van der Waals surface area contributed by atoms with Gasteiger partial charge in [0.2, 0.25) is 0 Å². The number of benzene rings is 3. The fourth-order valence-corrected chi connectivity index (χ4v) is 3.51. The van der Waals surface area contributed by atoms with Crippen molar-refractivity contribution in [3.63, 3.8) is 0 Å². The van der Waals surface area contributed by atoms with E-state index in [-0.39, 0.29) is 6.92 Å². The molecule has 0 saturated carbocycles. The van der Waals surface area contributed by atoms with Crippen molar-refractivity contribution < 1.29 is 4.65 Å². The minimum atomic E-state index is 0.0693. The van der Waals surface area contributed by atoms with Gasteiger partial charge in [-0.2, -0.15) is 0 Å². The van der Waals surface area contributed by atoms with Crippen LogP contribution >= 0.6 is 0 Å². The molecule has 2 heteroatoms. The predicted molar refractivity (Wildman–Crippen MR) is 110 cm³/mol. The van der Waals surface area contributed by atoms with Crippen molar-refractivity contribution in [2.45, 2.75) is 13.2 Å². The quantitative estimate of drug-likeness (QED) is 0.588. The van der Waals surface area contributed by atoms with Gasteiger partial charge < -0.3 is 4.65 Å². The Morgan fingerprint density at radius 2 is 1.27 bits per heavy atom. The van der Waals surface area contributed by atoms with Gasteiger partial charge in [-0.1, -0.05) is 97.1 Å².